The van der Waals surface area contributed by atoms with E-state index in [4.69, 9.17) is 11.6 Å². The van der Waals surface area contributed by atoms with Gasteiger partial charge in [0.15, 0.2) is 0 Å². The molecule has 0 bridgehead atoms. The van der Waals surface area contributed by atoms with Gasteiger partial charge in [0.2, 0.25) is 0 Å². The highest BCUT2D eigenvalue weighted by Gasteiger charge is 2.08. The van der Waals surface area contributed by atoms with Gasteiger partial charge in [0.25, 0.3) is 0 Å². The fraction of sp³-hybridized carbons (Fsp3) is 0.250. The third-order valence-electron chi connectivity index (χ3n) is 2.97. The van der Waals surface area contributed by atoms with Gasteiger partial charge in [-0.2, -0.15) is 0 Å². The molecule has 0 amide bonds. The number of hydrogen-bond acceptors (Lipinski definition) is 0. The Kier molecular flexibility index (Phi) is 4.68. The van der Waals surface area contributed by atoms with Gasteiger partial charge in [0.1, 0.15) is 0 Å². The molecule has 0 spiro atoms. The maximum absolute atomic E-state index is 6.31. The van der Waals surface area contributed by atoms with Crippen molar-refractivity contribution in [2.75, 3.05) is 0 Å². The van der Waals surface area contributed by atoms with E-state index in [0.29, 0.717) is 0 Å². The number of aryl methyl sites for hydroxylation is 2. The van der Waals surface area contributed by atoms with Gasteiger partial charge < -0.3 is 0 Å². The van der Waals surface area contributed by atoms with Crippen LogP contribution in [0.4, 0.5) is 0 Å². The van der Waals surface area contributed by atoms with E-state index in [-0.39, 0.29) is 0 Å². The van der Waals surface area contributed by atoms with Crippen LogP contribution in [-0.4, -0.2) is 0 Å². The van der Waals surface area contributed by atoms with Gasteiger partial charge in [-0.25, -0.2) is 0 Å². The highest BCUT2D eigenvalue weighted by atomic mass is 127. The molecular weight excluding hydrogens is 355 g/mol. The lowest BCUT2D eigenvalue weighted by atomic mass is 9.96. The Morgan fingerprint density at radius 2 is 2.00 bits per heavy atom. The highest BCUT2D eigenvalue weighted by molar-refractivity contribution is 14.1. The summed E-state index contributed by atoms with van der Waals surface area (Å²) < 4.78 is 1.20. The van der Waals surface area contributed by atoms with E-state index in [1.54, 1.807) is 0 Å². The number of benzene rings is 2. The van der Waals surface area contributed by atoms with Crippen molar-refractivity contribution in [3.05, 3.63) is 56.1 Å². The largest absolute Gasteiger partial charge is 0.0837 e. The molecule has 0 fully saturated rings. The lowest BCUT2D eigenvalue weighted by Gasteiger charge is -2.10. The molecule has 0 aliphatic rings. The lowest BCUT2D eigenvalue weighted by Crippen LogP contribution is -1.90. The zero-order valence-corrected chi connectivity index (χ0v) is 13.5. The van der Waals surface area contributed by atoms with Crippen molar-refractivity contribution in [3.8, 4) is 11.1 Å². The minimum atomic E-state index is 0.806. The summed E-state index contributed by atoms with van der Waals surface area (Å²) >= 11 is 8.63. The molecule has 2 aromatic carbocycles. The van der Waals surface area contributed by atoms with E-state index in [9.17, 15) is 0 Å². The summed E-state index contributed by atoms with van der Waals surface area (Å²) in [5, 5.41) is 0.806. The molecule has 93 valence electrons. The molecule has 0 heterocycles. The monoisotopic (exact) mass is 369 g/mol. The van der Waals surface area contributed by atoms with Gasteiger partial charge >= 0.3 is 0 Å². The first-order valence-corrected chi connectivity index (χ1v) is 7.54. The fourth-order valence-electron chi connectivity index (χ4n) is 2.03. The second kappa shape index (κ2) is 6.07. The Morgan fingerprint density at radius 1 is 1.22 bits per heavy atom. The van der Waals surface area contributed by atoms with E-state index >= 15 is 0 Å². The van der Waals surface area contributed by atoms with E-state index in [1.807, 2.05) is 12.1 Å². The summed E-state index contributed by atoms with van der Waals surface area (Å²) in [4.78, 5) is 0. The maximum Gasteiger partial charge on any atom is 0.0485 e. The zero-order chi connectivity index (χ0) is 13.1. The molecule has 0 unspecified atom stereocenters. The van der Waals surface area contributed by atoms with Crippen molar-refractivity contribution in [1.29, 1.82) is 0 Å². The molecule has 0 aromatic heterocycles. The molecule has 1 radical (unpaired) electrons. The minimum absolute atomic E-state index is 0.806. The summed E-state index contributed by atoms with van der Waals surface area (Å²) in [6, 6.07) is 13.8. The first-order chi connectivity index (χ1) is 8.61. The zero-order valence-electron chi connectivity index (χ0n) is 10.6. The topological polar surface area (TPSA) is 0 Å². The van der Waals surface area contributed by atoms with Crippen LogP contribution >= 0.6 is 34.2 Å². The average molecular weight is 370 g/mol. The van der Waals surface area contributed by atoms with Crippen LogP contribution in [0.15, 0.2) is 30.3 Å². The molecule has 2 rings (SSSR count). The van der Waals surface area contributed by atoms with Crippen molar-refractivity contribution in [2.24, 2.45) is 0 Å². The fourth-order valence-corrected chi connectivity index (χ4v) is 2.74. The Labute approximate surface area is 128 Å². The molecule has 0 atom stereocenters. The molecule has 2 heteroatoms. The van der Waals surface area contributed by atoms with Gasteiger partial charge in [-0.3, -0.25) is 0 Å². The Hall–Kier alpha value is -0.540. The van der Waals surface area contributed by atoms with Gasteiger partial charge in [-0.1, -0.05) is 37.1 Å². The predicted molar refractivity (Wildman–Crippen MR) is 87.2 cm³/mol. The van der Waals surface area contributed by atoms with Crippen LogP contribution in [0.25, 0.3) is 11.1 Å². The maximum atomic E-state index is 6.31. The Bertz CT molecular complexity index is 561. The minimum Gasteiger partial charge on any atom is -0.0837 e. The highest BCUT2D eigenvalue weighted by Crippen LogP contribution is 2.32. The Morgan fingerprint density at radius 3 is 2.72 bits per heavy atom. The summed E-state index contributed by atoms with van der Waals surface area (Å²) in [6.45, 7) is 4.28. The van der Waals surface area contributed by atoms with Crippen molar-refractivity contribution in [2.45, 2.75) is 26.7 Å². The first kappa shape index (κ1) is 13.9. The summed E-state index contributed by atoms with van der Waals surface area (Å²) in [5.41, 5.74) is 4.78. The van der Waals surface area contributed by atoms with E-state index < -0.39 is 0 Å². The van der Waals surface area contributed by atoms with Crippen molar-refractivity contribution >= 4 is 34.2 Å². The van der Waals surface area contributed by atoms with Crippen molar-refractivity contribution in [3.63, 3.8) is 0 Å². The van der Waals surface area contributed by atoms with Crippen molar-refractivity contribution < 1.29 is 0 Å². The lowest BCUT2D eigenvalue weighted by molar-refractivity contribution is 0.921. The first-order valence-electron chi connectivity index (χ1n) is 6.08. The predicted octanol–water partition coefficient (Wildman–Crippen LogP) is 5.67. The molecule has 0 aliphatic heterocycles. The summed E-state index contributed by atoms with van der Waals surface area (Å²) in [7, 11) is 0. The SMILES string of the molecule is CCCc1c[c]c(C)c(-c2cc(I)ccc2Cl)c1. The summed E-state index contributed by atoms with van der Waals surface area (Å²) in [5.74, 6) is 0. The normalized spacial score (nSPS) is 10.7. The van der Waals surface area contributed by atoms with E-state index in [1.165, 1.54) is 14.7 Å². The number of rotatable bonds is 3. The number of halogens is 2. The molecule has 0 saturated carbocycles. The molecule has 0 nitrogen and oxygen atoms in total. The van der Waals surface area contributed by atoms with Gasteiger partial charge in [-0.05, 0) is 76.9 Å². The van der Waals surface area contributed by atoms with Crippen molar-refractivity contribution in [1.82, 2.24) is 0 Å². The standard InChI is InChI=1S/C16H15ClI/c1-3-4-12-6-5-11(2)14(9-12)15-10-13(18)7-8-16(15)17/h6-10H,3-4H2,1-2H3. The third-order valence-corrected chi connectivity index (χ3v) is 3.97. The molecule has 0 saturated heterocycles. The van der Waals surface area contributed by atoms with E-state index in [0.717, 1.165) is 29.0 Å². The second-order valence-corrected chi connectivity index (χ2v) is 6.07. The molecule has 18 heavy (non-hydrogen) atoms. The molecule has 0 N–H and O–H groups in total. The summed E-state index contributed by atoms with van der Waals surface area (Å²) in [6.07, 6.45) is 2.24. The molecular formula is C16H15ClI. The average Bonchev–Trinajstić information content (AvgIpc) is 2.35. The van der Waals surface area contributed by atoms with Gasteiger partial charge in [0.05, 0.1) is 0 Å². The van der Waals surface area contributed by atoms with Crippen LogP contribution in [0.1, 0.15) is 24.5 Å². The molecule has 2 aromatic rings. The quantitative estimate of drug-likeness (QED) is 0.611. The van der Waals surface area contributed by atoms with Crippen LogP contribution in [-0.2, 0) is 6.42 Å². The number of hydrogen-bond donors (Lipinski definition) is 0. The van der Waals surface area contributed by atoms with Crippen LogP contribution < -0.4 is 0 Å². The third kappa shape index (κ3) is 3.07. The van der Waals surface area contributed by atoms with Crippen LogP contribution in [0, 0.1) is 16.6 Å². The van der Waals surface area contributed by atoms with Gasteiger partial charge in [-0.15, -0.1) is 0 Å². The van der Waals surface area contributed by atoms with Gasteiger partial charge in [0, 0.05) is 14.2 Å². The van der Waals surface area contributed by atoms with E-state index in [2.05, 4.69) is 60.7 Å². The second-order valence-electron chi connectivity index (χ2n) is 4.42. The molecule has 0 aliphatic carbocycles. The Balaban J connectivity index is 2.55. The smallest absolute Gasteiger partial charge is 0.0485 e. The van der Waals surface area contributed by atoms with Crippen LogP contribution in [0.3, 0.4) is 0 Å². The van der Waals surface area contributed by atoms with Crippen LogP contribution in [0.5, 0.6) is 0 Å². The van der Waals surface area contributed by atoms with Crippen LogP contribution in [0.2, 0.25) is 5.02 Å².